The molecule has 2 N–H and O–H groups in total. The van der Waals surface area contributed by atoms with Crippen molar-refractivity contribution in [3.8, 4) is 5.75 Å². The summed E-state index contributed by atoms with van der Waals surface area (Å²) in [5.74, 6) is 0.791. The van der Waals surface area contributed by atoms with Crippen LogP contribution in [0, 0.1) is 0 Å². The monoisotopic (exact) mass is 352 g/mol. The maximum Gasteiger partial charge on any atom is 0.115 e. The van der Waals surface area contributed by atoms with Gasteiger partial charge in [-0.25, -0.2) is 0 Å². The van der Waals surface area contributed by atoms with Crippen molar-refractivity contribution in [3.05, 3.63) is 118 Å². The molecule has 1 atom stereocenters. The van der Waals surface area contributed by atoms with Crippen LogP contribution in [-0.4, -0.2) is 10.2 Å². The zero-order valence-corrected chi connectivity index (χ0v) is 14.9. The third kappa shape index (κ3) is 2.57. The maximum atomic E-state index is 9.74. The predicted octanol–water partition coefficient (Wildman–Crippen LogP) is 5.95. The average Bonchev–Trinajstić information content (AvgIpc) is 3.04. The number of hydrogen-bond donors (Lipinski definition) is 2. The zero-order chi connectivity index (χ0) is 18.4. The fourth-order valence-corrected chi connectivity index (χ4v) is 4.45. The fraction of sp³-hybridized carbons (Fsp3) is 0.120. The number of phenols is 1. The van der Waals surface area contributed by atoms with E-state index in [1.165, 1.54) is 39.0 Å². The van der Waals surface area contributed by atoms with Crippen LogP contribution in [0.2, 0.25) is 0 Å². The van der Waals surface area contributed by atoms with E-state index in [2.05, 4.69) is 36.4 Å². The first kappa shape index (κ1) is 16.0. The summed E-state index contributed by atoms with van der Waals surface area (Å²) < 4.78 is 0. The van der Waals surface area contributed by atoms with Crippen LogP contribution in [0.1, 0.15) is 35.4 Å². The third-order valence-electron chi connectivity index (χ3n) is 5.67. The Bertz CT molecular complexity index is 1080. The number of rotatable bonds is 1. The molecule has 0 saturated heterocycles. The SMILES string of the molecule is OC1=CCC(=C2CC=CC3=C2C(c2ccc(O)cc2)c2ccccc23)C=C1. The lowest BCUT2D eigenvalue weighted by molar-refractivity contribution is 0.429. The van der Waals surface area contributed by atoms with Crippen LogP contribution in [-0.2, 0) is 0 Å². The second kappa shape index (κ2) is 6.17. The van der Waals surface area contributed by atoms with Gasteiger partial charge in [-0.2, -0.15) is 0 Å². The Morgan fingerprint density at radius 3 is 2.41 bits per heavy atom. The summed E-state index contributed by atoms with van der Waals surface area (Å²) in [5.41, 5.74) is 9.07. The van der Waals surface area contributed by atoms with E-state index in [1.54, 1.807) is 18.2 Å². The number of benzene rings is 2. The van der Waals surface area contributed by atoms with E-state index in [-0.39, 0.29) is 11.7 Å². The summed E-state index contributed by atoms with van der Waals surface area (Å²) in [6.07, 6.45) is 11.8. The molecule has 132 valence electrons. The summed E-state index contributed by atoms with van der Waals surface area (Å²) in [7, 11) is 0. The highest BCUT2D eigenvalue weighted by Gasteiger charge is 2.34. The zero-order valence-electron chi connectivity index (χ0n) is 14.9. The van der Waals surface area contributed by atoms with Crippen molar-refractivity contribution in [3.63, 3.8) is 0 Å². The fourth-order valence-electron chi connectivity index (χ4n) is 4.45. The molecule has 2 aromatic carbocycles. The van der Waals surface area contributed by atoms with Crippen LogP contribution < -0.4 is 0 Å². The van der Waals surface area contributed by atoms with Gasteiger partial charge in [-0.05, 0) is 76.1 Å². The molecule has 27 heavy (non-hydrogen) atoms. The number of aliphatic hydroxyl groups is 1. The highest BCUT2D eigenvalue weighted by Crippen LogP contribution is 2.52. The molecule has 1 unspecified atom stereocenters. The van der Waals surface area contributed by atoms with E-state index in [9.17, 15) is 10.2 Å². The molecule has 3 aliphatic rings. The molecule has 2 aromatic rings. The van der Waals surface area contributed by atoms with Gasteiger partial charge in [0.2, 0.25) is 0 Å². The number of allylic oxidation sites excluding steroid dienone is 9. The molecule has 0 bridgehead atoms. The minimum absolute atomic E-state index is 0.164. The van der Waals surface area contributed by atoms with E-state index >= 15 is 0 Å². The molecular weight excluding hydrogens is 332 g/mol. The van der Waals surface area contributed by atoms with Crippen molar-refractivity contribution in [1.82, 2.24) is 0 Å². The van der Waals surface area contributed by atoms with Gasteiger partial charge in [0.15, 0.2) is 0 Å². The largest absolute Gasteiger partial charge is 0.508 e. The molecule has 5 rings (SSSR count). The molecule has 2 nitrogen and oxygen atoms in total. The van der Waals surface area contributed by atoms with Gasteiger partial charge < -0.3 is 10.2 Å². The van der Waals surface area contributed by atoms with E-state index in [4.69, 9.17) is 0 Å². The van der Waals surface area contributed by atoms with Crippen LogP contribution in [0.3, 0.4) is 0 Å². The van der Waals surface area contributed by atoms with Gasteiger partial charge in [0.1, 0.15) is 11.5 Å². The molecule has 3 aliphatic carbocycles. The standard InChI is InChI=1S/C25H20O2/c26-18-12-8-16(9-13-18)20-6-3-7-23-21-4-1-2-5-22(21)24(25(20)23)17-10-14-19(27)15-11-17/h1-5,7-8,10-15,24,26-27H,6,9H2. The first-order valence-corrected chi connectivity index (χ1v) is 9.31. The minimum Gasteiger partial charge on any atom is -0.508 e. The average molecular weight is 352 g/mol. The molecule has 0 aromatic heterocycles. The van der Waals surface area contributed by atoms with Gasteiger partial charge in [0.25, 0.3) is 0 Å². The van der Waals surface area contributed by atoms with Crippen molar-refractivity contribution >= 4 is 5.57 Å². The summed E-state index contributed by atoms with van der Waals surface area (Å²) in [6, 6.07) is 16.2. The second-order valence-electron chi connectivity index (χ2n) is 7.22. The van der Waals surface area contributed by atoms with Gasteiger partial charge in [-0.3, -0.25) is 0 Å². The van der Waals surface area contributed by atoms with E-state index in [0.29, 0.717) is 5.76 Å². The molecule has 0 saturated carbocycles. The third-order valence-corrected chi connectivity index (χ3v) is 5.67. The maximum absolute atomic E-state index is 9.74. The van der Waals surface area contributed by atoms with Crippen molar-refractivity contribution < 1.29 is 10.2 Å². The molecule has 2 heteroatoms. The normalized spacial score (nSPS) is 23.3. The molecule has 0 amide bonds. The number of phenolic OH excluding ortho intramolecular Hbond substituents is 1. The Morgan fingerprint density at radius 1 is 0.815 bits per heavy atom. The minimum atomic E-state index is 0.164. The van der Waals surface area contributed by atoms with Gasteiger partial charge in [0, 0.05) is 5.92 Å². The molecule has 0 radical (unpaired) electrons. The molecule has 0 aliphatic heterocycles. The van der Waals surface area contributed by atoms with Crippen LogP contribution in [0.15, 0.2) is 101 Å². The van der Waals surface area contributed by atoms with Gasteiger partial charge >= 0.3 is 0 Å². The van der Waals surface area contributed by atoms with Crippen LogP contribution in [0.5, 0.6) is 5.75 Å². The van der Waals surface area contributed by atoms with Crippen molar-refractivity contribution in [2.75, 3.05) is 0 Å². The quantitative estimate of drug-likeness (QED) is 0.666. The molecular formula is C25H20O2. The van der Waals surface area contributed by atoms with E-state index < -0.39 is 0 Å². The molecule has 0 heterocycles. The molecule has 0 spiro atoms. The Morgan fingerprint density at radius 2 is 1.63 bits per heavy atom. The highest BCUT2D eigenvalue weighted by molar-refractivity contribution is 5.90. The molecule has 0 fully saturated rings. The second-order valence-corrected chi connectivity index (χ2v) is 7.22. The highest BCUT2D eigenvalue weighted by atomic mass is 16.3. The van der Waals surface area contributed by atoms with Crippen LogP contribution in [0.25, 0.3) is 5.57 Å². The Labute approximate surface area is 158 Å². The lowest BCUT2D eigenvalue weighted by Gasteiger charge is -2.24. The number of fused-ring (bicyclic) bond motifs is 2. The topological polar surface area (TPSA) is 40.5 Å². The summed E-state index contributed by atoms with van der Waals surface area (Å²) in [6.45, 7) is 0. The summed E-state index contributed by atoms with van der Waals surface area (Å²) >= 11 is 0. The number of aliphatic hydroxyl groups excluding tert-OH is 1. The lowest BCUT2D eigenvalue weighted by atomic mass is 9.79. The lowest BCUT2D eigenvalue weighted by Crippen LogP contribution is -2.07. The smallest absolute Gasteiger partial charge is 0.115 e. The van der Waals surface area contributed by atoms with Crippen molar-refractivity contribution in [2.45, 2.75) is 18.8 Å². The summed E-state index contributed by atoms with van der Waals surface area (Å²) in [4.78, 5) is 0. The van der Waals surface area contributed by atoms with Crippen LogP contribution >= 0.6 is 0 Å². The van der Waals surface area contributed by atoms with Crippen molar-refractivity contribution in [1.29, 1.82) is 0 Å². The Kier molecular flexibility index (Phi) is 3.64. The van der Waals surface area contributed by atoms with E-state index in [0.717, 1.165) is 12.8 Å². The first-order chi connectivity index (χ1) is 13.2. The van der Waals surface area contributed by atoms with Gasteiger partial charge in [0.05, 0.1) is 0 Å². The predicted molar refractivity (Wildman–Crippen MR) is 109 cm³/mol. The van der Waals surface area contributed by atoms with Crippen LogP contribution in [0.4, 0.5) is 0 Å². The van der Waals surface area contributed by atoms with Crippen molar-refractivity contribution in [2.24, 2.45) is 0 Å². The van der Waals surface area contributed by atoms with Gasteiger partial charge in [-0.1, -0.05) is 54.6 Å². The first-order valence-electron chi connectivity index (χ1n) is 9.31. The Hall–Kier alpha value is -3.26. The summed E-state index contributed by atoms with van der Waals surface area (Å²) in [5, 5.41) is 19.4. The number of aromatic hydroxyl groups is 1. The van der Waals surface area contributed by atoms with Gasteiger partial charge in [-0.15, -0.1) is 0 Å². The Balaban J connectivity index is 1.73. The number of hydrogen-bond acceptors (Lipinski definition) is 2. The van der Waals surface area contributed by atoms with E-state index in [1.807, 2.05) is 24.3 Å².